The van der Waals surface area contributed by atoms with Crippen LogP contribution in [-0.2, 0) is 0 Å². The van der Waals surface area contributed by atoms with Crippen molar-refractivity contribution in [1.29, 1.82) is 0 Å². The maximum absolute atomic E-state index is 5.90. The minimum absolute atomic E-state index is 0.487. The highest BCUT2D eigenvalue weighted by atomic mass is 35.5. The van der Waals surface area contributed by atoms with E-state index in [2.05, 4.69) is 15.0 Å². The fraction of sp³-hybridized carbons (Fsp3) is 0.333. The van der Waals surface area contributed by atoms with Crippen LogP contribution in [0.15, 0.2) is 12.3 Å². The first-order valence-electron chi connectivity index (χ1n) is 4.35. The Morgan fingerprint density at radius 2 is 2.31 bits per heavy atom. The SMILES string of the molecule is Clc1nccc2[nH]c(C3CC3)nc12. The second kappa shape index (κ2) is 2.45. The Bertz CT molecular complexity index is 459. The summed E-state index contributed by atoms with van der Waals surface area (Å²) in [6, 6.07) is 1.90. The summed E-state index contributed by atoms with van der Waals surface area (Å²) in [4.78, 5) is 11.7. The van der Waals surface area contributed by atoms with E-state index in [1.165, 1.54) is 12.8 Å². The Kier molecular flexibility index (Phi) is 1.38. The number of nitrogens with zero attached hydrogens (tertiary/aromatic N) is 2. The van der Waals surface area contributed by atoms with Crippen molar-refractivity contribution < 1.29 is 0 Å². The summed E-state index contributed by atoms with van der Waals surface area (Å²) in [6.07, 6.45) is 4.18. The molecule has 0 radical (unpaired) electrons. The third kappa shape index (κ3) is 1.11. The highest BCUT2D eigenvalue weighted by Gasteiger charge is 2.27. The lowest BCUT2D eigenvalue weighted by Gasteiger charge is -1.87. The summed E-state index contributed by atoms with van der Waals surface area (Å²) in [5.41, 5.74) is 1.79. The molecule has 0 aliphatic heterocycles. The standard InChI is InChI=1S/C9H8ClN3/c10-8-7-6(3-4-11-8)12-9(13-7)5-1-2-5/h3-5H,1-2H2,(H,12,13). The number of fused-ring (bicyclic) bond motifs is 1. The number of pyridine rings is 1. The molecule has 0 atom stereocenters. The van der Waals surface area contributed by atoms with E-state index in [-0.39, 0.29) is 0 Å². The Morgan fingerprint density at radius 1 is 1.46 bits per heavy atom. The van der Waals surface area contributed by atoms with Crippen molar-refractivity contribution in [3.8, 4) is 0 Å². The lowest BCUT2D eigenvalue weighted by molar-refractivity contribution is 0.986. The lowest BCUT2D eigenvalue weighted by atomic mass is 10.4. The summed E-state index contributed by atoms with van der Waals surface area (Å²) in [6.45, 7) is 0. The van der Waals surface area contributed by atoms with Crippen molar-refractivity contribution in [3.05, 3.63) is 23.2 Å². The molecule has 1 N–H and O–H groups in total. The number of hydrogen-bond acceptors (Lipinski definition) is 2. The molecule has 0 unspecified atom stereocenters. The minimum atomic E-state index is 0.487. The molecule has 1 aliphatic rings. The second-order valence-electron chi connectivity index (χ2n) is 3.39. The molecule has 0 saturated heterocycles. The van der Waals surface area contributed by atoms with E-state index < -0.39 is 0 Å². The molecule has 2 aromatic rings. The smallest absolute Gasteiger partial charge is 0.156 e. The van der Waals surface area contributed by atoms with Crippen molar-refractivity contribution in [2.24, 2.45) is 0 Å². The molecule has 13 heavy (non-hydrogen) atoms. The average molecular weight is 194 g/mol. The molecule has 4 heteroatoms. The van der Waals surface area contributed by atoms with Gasteiger partial charge in [-0.3, -0.25) is 0 Å². The number of hydrogen-bond donors (Lipinski definition) is 1. The monoisotopic (exact) mass is 193 g/mol. The predicted molar refractivity (Wildman–Crippen MR) is 50.9 cm³/mol. The van der Waals surface area contributed by atoms with Gasteiger partial charge >= 0.3 is 0 Å². The fourth-order valence-electron chi connectivity index (χ4n) is 1.47. The van der Waals surface area contributed by atoms with Crippen molar-refractivity contribution in [2.75, 3.05) is 0 Å². The quantitative estimate of drug-likeness (QED) is 0.707. The summed E-state index contributed by atoms with van der Waals surface area (Å²) < 4.78 is 0. The first-order chi connectivity index (χ1) is 6.34. The predicted octanol–water partition coefficient (Wildman–Crippen LogP) is 2.49. The number of aromatic nitrogens is 3. The van der Waals surface area contributed by atoms with E-state index in [1.54, 1.807) is 6.20 Å². The molecule has 0 amide bonds. The van der Waals surface area contributed by atoms with Crippen LogP contribution in [-0.4, -0.2) is 15.0 Å². The molecule has 0 aromatic carbocycles. The molecule has 1 saturated carbocycles. The van der Waals surface area contributed by atoms with Gasteiger partial charge in [0.1, 0.15) is 11.3 Å². The van der Waals surface area contributed by atoms with Gasteiger partial charge in [0.05, 0.1) is 5.52 Å². The van der Waals surface area contributed by atoms with E-state index in [0.717, 1.165) is 16.9 Å². The van der Waals surface area contributed by atoms with Crippen LogP contribution in [0, 0.1) is 0 Å². The average Bonchev–Trinajstić information content (AvgIpc) is 2.87. The zero-order chi connectivity index (χ0) is 8.84. The zero-order valence-corrected chi connectivity index (χ0v) is 7.67. The molecule has 2 aromatic heterocycles. The van der Waals surface area contributed by atoms with Crippen molar-refractivity contribution in [1.82, 2.24) is 15.0 Å². The second-order valence-corrected chi connectivity index (χ2v) is 3.75. The Hall–Kier alpha value is -1.09. The highest BCUT2D eigenvalue weighted by molar-refractivity contribution is 6.33. The van der Waals surface area contributed by atoms with Crippen LogP contribution in [0.1, 0.15) is 24.6 Å². The maximum Gasteiger partial charge on any atom is 0.156 e. The van der Waals surface area contributed by atoms with E-state index in [4.69, 9.17) is 11.6 Å². The van der Waals surface area contributed by atoms with Crippen LogP contribution >= 0.6 is 11.6 Å². The summed E-state index contributed by atoms with van der Waals surface area (Å²) >= 11 is 5.90. The largest absolute Gasteiger partial charge is 0.342 e. The Labute approximate surface area is 80.2 Å². The van der Waals surface area contributed by atoms with Gasteiger partial charge in [-0.1, -0.05) is 11.6 Å². The van der Waals surface area contributed by atoms with Gasteiger partial charge in [-0.05, 0) is 18.9 Å². The van der Waals surface area contributed by atoms with E-state index in [0.29, 0.717) is 11.1 Å². The zero-order valence-electron chi connectivity index (χ0n) is 6.92. The molecule has 66 valence electrons. The third-order valence-corrected chi connectivity index (χ3v) is 2.62. The van der Waals surface area contributed by atoms with Crippen molar-refractivity contribution in [3.63, 3.8) is 0 Å². The lowest BCUT2D eigenvalue weighted by Crippen LogP contribution is -1.79. The summed E-state index contributed by atoms with van der Waals surface area (Å²) in [7, 11) is 0. The molecule has 3 nitrogen and oxygen atoms in total. The molecular formula is C9H8ClN3. The maximum atomic E-state index is 5.90. The van der Waals surface area contributed by atoms with Gasteiger partial charge in [0.2, 0.25) is 0 Å². The molecule has 1 aliphatic carbocycles. The van der Waals surface area contributed by atoms with Gasteiger partial charge in [-0.2, -0.15) is 0 Å². The van der Waals surface area contributed by atoms with E-state index in [9.17, 15) is 0 Å². The van der Waals surface area contributed by atoms with Gasteiger partial charge in [0, 0.05) is 12.1 Å². The third-order valence-electron chi connectivity index (χ3n) is 2.34. The van der Waals surface area contributed by atoms with Crippen LogP contribution in [0.25, 0.3) is 11.0 Å². The number of halogens is 1. The van der Waals surface area contributed by atoms with Crippen LogP contribution in [0.2, 0.25) is 5.15 Å². The Morgan fingerprint density at radius 3 is 3.00 bits per heavy atom. The molecule has 2 heterocycles. The molecule has 3 rings (SSSR count). The molecule has 1 fully saturated rings. The normalized spacial score (nSPS) is 16.7. The van der Waals surface area contributed by atoms with Crippen LogP contribution in [0.3, 0.4) is 0 Å². The molecule has 0 bridgehead atoms. The van der Waals surface area contributed by atoms with Gasteiger partial charge in [0.15, 0.2) is 5.15 Å². The number of rotatable bonds is 1. The number of imidazole rings is 1. The Balaban J connectivity index is 2.26. The first-order valence-corrected chi connectivity index (χ1v) is 4.72. The van der Waals surface area contributed by atoms with Crippen LogP contribution in [0.5, 0.6) is 0 Å². The van der Waals surface area contributed by atoms with Crippen molar-refractivity contribution in [2.45, 2.75) is 18.8 Å². The summed E-state index contributed by atoms with van der Waals surface area (Å²) in [5, 5.41) is 0.487. The van der Waals surface area contributed by atoms with Gasteiger partial charge < -0.3 is 4.98 Å². The fourth-order valence-corrected chi connectivity index (χ4v) is 1.67. The number of aromatic amines is 1. The van der Waals surface area contributed by atoms with E-state index in [1.807, 2.05) is 6.07 Å². The molecular weight excluding hydrogens is 186 g/mol. The van der Waals surface area contributed by atoms with E-state index >= 15 is 0 Å². The first kappa shape index (κ1) is 7.33. The van der Waals surface area contributed by atoms with Gasteiger partial charge in [0.25, 0.3) is 0 Å². The minimum Gasteiger partial charge on any atom is -0.342 e. The number of H-pyrrole nitrogens is 1. The van der Waals surface area contributed by atoms with Gasteiger partial charge in [-0.25, -0.2) is 9.97 Å². The number of nitrogens with one attached hydrogen (secondary N) is 1. The molecule has 0 spiro atoms. The van der Waals surface area contributed by atoms with Crippen LogP contribution < -0.4 is 0 Å². The summed E-state index contributed by atoms with van der Waals surface area (Å²) in [5.74, 6) is 1.69. The topological polar surface area (TPSA) is 41.6 Å². The van der Waals surface area contributed by atoms with Gasteiger partial charge in [-0.15, -0.1) is 0 Å². The van der Waals surface area contributed by atoms with Crippen LogP contribution in [0.4, 0.5) is 0 Å². The highest BCUT2D eigenvalue weighted by Crippen LogP contribution is 2.39. The van der Waals surface area contributed by atoms with Crippen molar-refractivity contribution >= 4 is 22.6 Å².